The van der Waals surface area contributed by atoms with Crippen LogP contribution in [0.15, 0.2) is 47.6 Å². The molecule has 1 aromatic carbocycles. The van der Waals surface area contributed by atoms with E-state index in [2.05, 4.69) is 21.7 Å². The van der Waals surface area contributed by atoms with Crippen LogP contribution in [0.4, 0.5) is 0 Å². The van der Waals surface area contributed by atoms with Crippen molar-refractivity contribution >= 4 is 32.7 Å². The molecule has 4 rings (SSSR count). The van der Waals surface area contributed by atoms with Gasteiger partial charge in [-0.25, -0.2) is 8.42 Å². The van der Waals surface area contributed by atoms with E-state index >= 15 is 0 Å². The Morgan fingerprint density at radius 1 is 1.24 bits per heavy atom. The summed E-state index contributed by atoms with van der Waals surface area (Å²) in [7, 11) is -4.01. The molecule has 1 aliphatic heterocycles. The topological polar surface area (TPSA) is 143 Å². The first-order valence-corrected chi connectivity index (χ1v) is 12.4. The summed E-state index contributed by atoms with van der Waals surface area (Å²) in [6.07, 6.45) is 4.98. The van der Waals surface area contributed by atoms with Crippen molar-refractivity contribution in [3.05, 3.63) is 48.4 Å². The molecule has 3 heterocycles. The quantitative estimate of drug-likeness (QED) is 0.455. The van der Waals surface area contributed by atoms with Crippen molar-refractivity contribution in [1.82, 2.24) is 24.4 Å². The Labute approximate surface area is 192 Å². The van der Waals surface area contributed by atoms with Crippen LogP contribution >= 0.6 is 0 Å². The molecular formula is C22H28N6O4S. The molecule has 0 saturated carbocycles. The molecule has 11 heteroatoms. The lowest BCUT2D eigenvalue weighted by Gasteiger charge is -2.33. The minimum atomic E-state index is -4.01. The lowest BCUT2D eigenvalue weighted by molar-refractivity contribution is -0.134. The van der Waals surface area contributed by atoms with Gasteiger partial charge in [0, 0.05) is 42.9 Å². The predicted octanol–water partition coefficient (Wildman–Crippen LogP) is 1.46. The number of aromatic nitrogens is 3. The Balaban J connectivity index is 1.60. The molecule has 1 atom stereocenters. The van der Waals surface area contributed by atoms with Crippen molar-refractivity contribution in [1.29, 1.82) is 0 Å². The molecule has 0 radical (unpaired) electrons. The number of carbonyl (C=O) groups excluding carboxylic acids is 2. The highest BCUT2D eigenvalue weighted by molar-refractivity contribution is 7.89. The maximum Gasteiger partial charge on any atom is 0.266 e. The fraction of sp³-hybridized carbons (Fsp3) is 0.409. The van der Waals surface area contributed by atoms with E-state index in [1.165, 1.54) is 23.0 Å². The van der Waals surface area contributed by atoms with Crippen molar-refractivity contribution in [2.24, 2.45) is 11.7 Å². The molecule has 176 valence electrons. The van der Waals surface area contributed by atoms with E-state index in [-0.39, 0.29) is 29.5 Å². The number of piperidine rings is 1. The molecule has 1 aliphatic rings. The van der Waals surface area contributed by atoms with Crippen LogP contribution in [0.1, 0.15) is 36.7 Å². The molecular weight excluding hydrogens is 444 g/mol. The Morgan fingerprint density at radius 3 is 2.73 bits per heavy atom. The van der Waals surface area contributed by atoms with Crippen LogP contribution in [0.3, 0.4) is 0 Å². The average Bonchev–Trinajstić information content (AvgIpc) is 3.45. The van der Waals surface area contributed by atoms with Gasteiger partial charge in [0.25, 0.3) is 5.91 Å². The third-order valence-corrected chi connectivity index (χ3v) is 7.66. The molecule has 2 amide bonds. The zero-order valence-corrected chi connectivity index (χ0v) is 19.2. The molecule has 0 aliphatic carbocycles. The first-order chi connectivity index (χ1) is 15.8. The number of rotatable bonds is 8. The molecule has 1 unspecified atom stereocenters. The number of H-pyrrole nitrogens is 1. The minimum Gasteiger partial charge on any atom is -0.364 e. The summed E-state index contributed by atoms with van der Waals surface area (Å²) >= 11 is 0. The number of amides is 2. The highest BCUT2D eigenvalue weighted by Gasteiger charge is 2.32. The van der Waals surface area contributed by atoms with Gasteiger partial charge in [-0.2, -0.15) is 9.82 Å². The zero-order valence-electron chi connectivity index (χ0n) is 18.4. The van der Waals surface area contributed by atoms with Crippen LogP contribution < -0.4 is 10.5 Å². The van der Waals surface area contributed by atoms with Gasteiger partial charge in [-0.15, -0.1) is 0 Å². The Morgan fingerprint density at radius 2 is 2.00 bits per heavy atom. The molecule has 4 N–H and O–H groups in total. The number of benzene rings is 1. The number of aromatic amines is 1. The smallest absolute Gasteiger partial charge is 0.266 e. The summed E-state index contributed by atoms with van der Waals surface area (Å²) in [6.45, 7) is 3.46. The fourth-order valence-corrected chi connectivity index (χ4v) is 5.64. The zero-order chi connectivity index (χ0) is 23.6. The number of nitrogens with zero attached hydrogens (tertiary/aromatic N) is 3. The Kier molecular flexibility index (Phi) is 6.52. The second-order valence-electron chi connectivity index (χ2n) is 8.47. The van der Waals surface area contributed by atoms with Crippen LogP contribution in [-0.4, -0.2) is 59.0 Å². The molecule has 1 fully saturated rings. The van der Waals surface area contributed by atoms with E-state index in [9.17, 15) is 18.0 Å². The Bertz CT molecular complexity index is 1260. The number of nitrogens with one attached hydrogen (secondary N) is 2. The van der Waals surface area contributed by atoms with Gasteiger partial charge in [-0.3, -0.25) is 14.3 Å². The first kappa shape index (κ1) is 23.0. The molecule has 2 aromatic heterocycles. The van der Waals surface area contributed by atoms with Crippen LogP contribution in [-0.2, 0) is 21.4 Å². The third-order valence-electron chi connectivity index (χ3n) is 6.13. The average molecular weight is 473 g/mol. The SMILES string of the molecule is CC1CCN(C(=O)C(CCn2nccc2C(N)=O)NS(=O)(=O)c2cccc3[nH]ccc23)CC1. The van der Waals surface area contributed by atoms with Gasteiger partial charge in [-0.05, 0) is 49.4 Å². The van der Waals surface area contributed by atoms with Gasteiger partial charge in [0.15, 0.2) is 0 Å². The summed E-state index contributed by atoms with van der Waals surface area (Å²) < 4.78 is 30.7. The van der Waals surface area contributed by atoms with Gasteiger partial charge in [0.05, 0.1) is 4.90 Å². The van der Waals surface area contributed by atoms with E-state index in [1.807, 2.05) is 0 Å². The molecule has 3 aromatic rings. The maximum atomic E-state index is 13.4. The van der Waals surface area contributed by atoms with Gasteiger partial charge < -0.3 is 15.6 Å². The molecule has 1 saturated heterocycles. The minimum absolute atomic E-state index is 0.100. The van der Waals surface area contributed by atoms with Crippen molar-refractivity contribution in [3.8, 4) is 0 Å². The summed E-state index contributed by atoms with van der Waals surface area (Å²) in [5, 5.41) is 4.64. The predicted molar refractivity (Wildman–Crippen MR) is 123 cm³/mol. The summed E-state index contributed by atoms with van der Waals surface area (Å²) in [5.74, 6) is -0.391. The third kappa shape index (κ3) is 4.93. The normalized spacial score (nSPS) is 16.2. The Hall–Kier alpha value is -3.18. The fourth-order valence-electron chi connectivity index (χ4n) is 4.20. The summed E-state index contributed by atoms with van der Waals surface area (Å²) in [5.41, 5.74) is 6.28. The second-order valence-corrected chi connectivity index (χ2v) is 10.2. The van der Waals surface area contributed by atoms with Crippen molar-refractivity contribution in [2.45, 2.75) is 43.7 Å². The van der Waals surface area contributed by atoms with Gasteiger partial charge in [-0.1, -0.05) is 13.0 Å². The maximum absolute atomic E-state index is 13.4. The van der Waals surface area contributed by atoms with Crippen LogP contribution in [0.2, 0.25) is 0 Å². The van der Waals surface area contributed by atoms with Crippen molar-refractivity contribution in [3.63, 3.8) is 0 Å². The van der Waals surface area contributed by atoms with E-state index in [4.69, 9.17) is 5.73 Å². The number of hydrogen-bond donors (Lipinski definition) is 3. The largest absolute Gasteiger partial charge is 0.364 e. The molecule has 0 spiro atoms. The van der Waals surface area contributed by atoms with Crippen LogP contribution in [0.5, 0.6) is 0 Å². The molecule has 0 bridgehead atoms. The molecule has 33 heavy (non-hydrogen) atoms. The number of fused-ring (bicyclic) bond motifs is 1. The van der Waals surface area contributed by atoms with Crippen LogP contribution in [0.25, 0.3) is 10.9 Å². The van der Waals surface area contributed by atoms with E-state index < -0.39 is 22.0 Å². The monoisotopic (exact) mass is 472 g/mol. The lowest BCUT2D eigenvalue weighted by atomic mass is 9.98. The van der Waals surface area contributed by atoms with E-state index in [0.29, 0.717) is 29.9 Å². The van der Waals surface area contributed by atoms with Gasteiger partial charge in [0.2, 0.25) is 15.9 Å². The number of nitrogens with two attached hydrogens (primary N) is 1. The van der Waals surface area contributed by atoms with E-state index in [0.717, 1.165) is 12.8 Å². The lowest BCUT2D eigenvalue weighted by Crippen LogP contribution is -2.51. The first-order valence-electron chi connectivity index (χ1n) is 10.9. The van der Waals surface area contributed by atoms with Crippen molar-refractivity contribution < 1.29 is 18.0 Å². The van der Waals surface area contributed by atoms with Gasteiger partial charge >= 0.3 is 0 Å². The summed E-state index contributed by atoms with van der Waals surface area (Å²) in [6, 6.07) is 7.12. The highest BCUT2D eigenvalue weighted by atomic mass is 32.2. The summed E-state index contributed by atoms with van der Waals surface area (Å²) in [4.78, 5) is 29.8. The number of primary amides is 1. The number of carbonyl (C=O) groups is 2. The van der Waals surface area contributed by atoms with E-state index in [1.54, 1.807) is 29.3 Å². The van der Waals surface area contributed by atoms with Crippen molar-refractivity contribution in [2.75, 3.05) is 13.1 Å². The molecule has 10 nitrogen and oxygen atoms in total. The van der Waals surface area contributed by atoms with Crippen LogP contribution in [0, 0.1) is 5.92 Å². The number of likely N-dealkylation sites (tertiary alicyclic amines) is 1. The number of sulfonamides is 1. The number of hydrogen-bond acceptors (Lipinski definition) is 5. The standard InChI is InChI=1S/C22H28N6O4S/c1-15-7-12-27(13-8-15)22(30)18(9-14-28-19(21(23)29)6-11-25-28)26-33(31,32)20-4-2-3-17-16(20)5-10-24-17/h2-6,10-11,15,18,24,26H,7-9,12-14H2,1H3,(H2,23,29). The highest BCUT2D eigenvalue weighted by Crippen LogP contribution is 2.23. The second kappa shape index (κ2) is 9.36. The number of aryl methyl sites for hydroxylation is 1. The van der Waals surface area contributed by atoms with Gasteiger partial charge in [0.1, 0.15) is 11.7 Å².